The first-order chi connectivity index (χ1) is 11.1. The maximum Gasteiger partial charge on any atom is 0.245 e. The van der Waals surface area contributed by atoms with E-state index in [1.54, 1.807) is 4.90 Å². The zero-order chi connectivity index (χ0) is 16.7. The second-order valence-corrected chi connectivity index (χ2v) is 5.63. The van der Waals surface area contributed by atoms with E-state index in [0.29, 0.717) is 39.1 Å². The van der Waals surface area contributed by atoms with E-state index in [1.807, 2.05) is 31.2 Å². The number of hydrogen-bond donors (Lipinski definition) is 1. The lowest BCUT2D eigenvalue weighted by Gasteiger charge is -2.30. The molecule has 1 aliphatic heterocycles. The number of amides is 2. The summed E-state index contributed by atoms with van der Waals surface area (Å²) < 4.78 is 5.35. The number of carbonyl (C=O) groups excluding carboxylic acids is 2. The summed E-state index contributed by atoms with van der Waals surface area (Å²) in [6, 6.07) is 7.69. The quantitative estimate of drug-likeness (QED) is 0.821. The molecule has 1 saturated heterocycles. The number of piperidine rings is 1. The molecule has 1 aromatic carbocycles. The third-order valence-electron chi connectivity index (χ3n) is 4.05. The Bertz CT molecular complexity index is 546. The molecule has 0 aromatic heterocycles. The van der Waals surface area contributed by atoms with Crippen molar-refractivity contribution in [2.24, 2.45) is 5.92 Å². The van der Waals surface area contributed by atoms with Crippen LogP contribution in [0.25, 0.3) is 0 Å². The van der Waals surface area contributed by atoms with E-state index in [1.165, 1.54) is 6.08 Å². The van der Waals surface area contributed by atoms with E-state index in [9.17, 15) is 9.59 Å². The van der Waals surface area contributed by atoms with Gasteiger partial charge in [-0.2, -0.15) is 0 Å². The molecule has 0 spiro atoms. The van der Waals surface area contributed by atoms with Crippen LogP contribution in [0, 0.1) is 5.92 Å². The summed E-state index contributed by atoms with van der Waals surface area (Å²) in [6.07, 6.45) is 2.70. The molecule has 1 aliphatic rings. The molecule has 1 heterocycles. The fraction of sp³-hybridized carbons (Fsp3) is 0.444. The summed E-state index contributed by atoms with van der Waals surface area (Å²) in [5.41, 5.74) is 1.88. The van der Waals surface area contributed by atoms with Crippen molar-refractivity contribution in [3.8, 4) is 0 Å². The number of likely N-dealkylation sites (tertiary alicyclic amines) is 1. The van der Waals surface area contributed by atoms with Gasteiger partial charge in [0.15, 0.2) is 0 Å². The Hall–Kier alpha value is -2.14. The van der Waals surface area contributed by atoms with Gasteiger partial charge in [0.25, 0.3) is 0 Å². The van der Waals surface area contributed by atoms with E-state index in [0.717, 1.165) is 11.3 Å². The van der Waals surface area contributed by atoms with Crippen molar-refractivity contribution in [1.29, 1.82) is 0 Å². The zero-order valence-corrected chi connectivity index (χ0v) is 13.6. The number of carbonyl (C=O) groups is 2. The molecular weight excluding hydrogens is 292 g/mol. The van der Waals surface area contributed by atoms with Crippen LogP contribution in [0.3, 0.4) is 0 Å². The standard InChI is InChI=1S/C18H24N2O3/c1-3-17(21)20-11-9-15(10-12-20)18(22)19-16-7-5-14(6-8-16)13-23-4-2/h3,5-8,15H,1,4,9-13H2,2H3,(H,19,22). The number of nitrogens with zero attached hydrogens (tertiary/aromatic N) is 1. The van der Waals surface area contributed by atoms with Crippen LogP contribution in [0.2, 0.25) is 0 Å². The first-order valence-electron chi connectivity index (χ1n) is 8.03. The van der Waals surface area contributed by atoms with E-state index < -0.39 is 0 Å². The van der Waals surface area contributed by atoms with Crippen LogP contribution in [0.15, 0.2) is 36.9 Å². The van der Waals surface area contributed by atoms with Crippen molar-refractivity contribution in [3.05, 3.63) is 42.5 Å². The van der Waals surface area contributed by atoms with Crippen LogP contribution in [0.5, 0.6) is 0 Å². The van der Waals surface area contributed by atoms with Crippen LogP contribution < -0.4 is 5.32 Å². The van der Waals surface area contributed by atoms with E-state index in [4.69, 9.17) is 4.74 Å². The minimum absolute atomic E-state index is 0.0215. The van der Waals surface area contributed by atoms with Crippen LogP contribution in [0.1, 0.15) is 25.3 Å². The molecule has 0 unspecified atom stereocenters. The molecule has 0 bridgehead atoms. The predicted octanol–water partition coefficient (Wildman–Crippen LogP) is 2.59. The average molecular weight is 316 g/mol. The maximum atomic E-state index is 12.3. The minimum atomic E-state index is -0.0613. The Morgan fingerprint density at radius 2 is 1.96 bits per heavy atom. The molecule has 0 radical (unpaired) electrons. The van der Waals surface area contributed by atoms with Crippen LogP contribution in [0.4, 0.5) is 5.69 Å². The highest BCUT2D eigenvalue weighted by Crippen LogP contribution is 2.20. The van der Waals surface area contributed by atoms with Gasteiger partial charge in [0.2, 0.25) is 11.8 Å². The Morgan fingerprint density at radius 3 is 2.52 bits per heavy atom. The van der Waals surface area contributed by atoms with Crippen molar-refractivity contribution in [2.45, 2.75) is 26.4 Å². The number of hydrogen-bond acceptors (Lipinski definition) is 3. The van der Waals surface area contributed by atoms with Gasteiger partial charge in [-0.05, 0) is 43.5 Å². The van der Waals surface area contributed by atoms with Gasteiger partial charge in [-0.25, -0.2) is 0 Å². The van der Waals surface area contributed by atoms with Gasteiger partial charge >= 0.3 is 0 Å². The zero-order valence-electron chi connectivity index (χ0n) is 13.6. The number of nitrogens with one attached hydrogen (secondary N) is 1. The van der Waals surface area contributed by atoms with Crippen molar-refractivity contribution in [3.63, 3.8) is 0 Å². The lowest BCUT2D eigenvalue weighted by Crippen LogP contribution is -2.40. The smallest absolute Gasteiger partial charge is 0.245 e. The summed E-state index contributed by atoms with van der Waals surface area (Å²) in [5.74, 6) is -0.0889. The summed E-state index contributed by atoms with van der Waals surface area (Å²) in [5, 5.41) is 2.95. The summed E-state index contributed by atoms with van der Waals surface area (Å²) in [4.78, 5) is 25.6. The number of benzene rings is 1. The monoisotopic (exact) mass is 316 g/mol. The summed E-state index contributed by atoms with van der Waals surface area (Å²) in [6.45, 7) is 7.94. The molecule has 1 aromatic rings. The van der Waals surface area contributed by atoms with Crippen LogP contribution >= 0.6 is 0 Å². The molecule has 2 rings (SSSR count). The Kier molecular flexibility index (Phi) is 6.35. The largest absolute Gasteiger partial charge is 0.377 e. The molecule has 2 amide bonds. The molecule has 1 N–H and O–H groups in total. The lowest BCUT2D eigenvalue weighted by molar-refractivity contribution is -0.130. The molecule has 0 atom stereocenters. The van der Waals surface area contributed by atoms with E-state index in [2.05, 4.69) is 11.9 Å². The SMILES string of the molecule is C=CC(=O)N1CCC(C(=O)Nc2ccc(COCC)cc2)CC1. The van der Waals surface area contributed by atoms with Gasteiger partial charge in [0.1, 0.15) is 0 Å². The predicted molar refractivity (Wildman–Crippen MR) is 89.9 cm³/mol. The Labute approximate surface area is 137 Å². The first-order valence-corrected chi connectivity index (χ1v) is 8.03. The normalized spacial score (nSPS) is 15.3. The van der Waals surface area contributed by atoms with Gasteiger partial charge in [-0.15, -0.1) is 0 Å². The summed E-state index contributed by atoms with van der Waals surface area (Å²) >= 11 is 0. The second-order valence-electron chi connectivity index (χ2n) is 5.63. The van der Waals surface area contributed by atoms with Gasteiger partial charge < -0.3 is 15.0 Å². The Morgan fingerprint density at radius 1 is 1.30 bits per heavy atom. The van der Waals surface area contributed by atoms with Gasteiger partial charge in [-0.1, -0.05) is 18.7 Å². The average Bonchev–Trinajstić information content (AvgIpc) is 2.60. The summed E-state index contributed by atoms with van der Waals surface area (Å²) in [7, 11) is 0. The molecule has 0 saturated carbocycles. The third-order valence-corrected chi connectivity index (χ3v) is 4.05. The van der Waals surface area contributed by atoms with Crippen molar-refractivity contribution in [1.82, 2.24) is 4.90 Å². The van der Waals surface area contributed by atoms with Crippen molar-refractivity contribution >= 4 is 17.5 Å². The fourth-order valence-corrected chi connectivity index (χ4v) is 2.64. The molecule has 23 heavy (non-hydrogen) atoms. The van der Waals surface area contributed by atoms with Gasteiger partial charge in [0, 0.05) is 31.3 Å². The third kappa shape index (κ3) is 4.93. The molecule has 5 nitrogen and oxygen atoms in total. The first kappa shape index (κ1) is 17.2. The maximum absolute atomic E-state index is 12.3. The van der Waals surface area contributed by atoms with Crippen molar-refractivity contribution < 1.29 is 14.3 Å². The van der Waals surface area contributed by atoms with Gasteiger partial charge in [0.05, 0.1) is 6.61 Å². The highest BCUT2D eigenvalue weighted by Gasteiger charge is 2.26. The fourth-order valence-electron chi connectivity index (χ4n) is 2.64. The highest BCUT2D eigenvalue weighted by molar-refractivity contribution is 5.93. The van der Waals surface area contributed by atoms with Crippen molar-refractivity contribution in [2.75, 3.05) is 25.0 Å². The molecule has 124 valence electrons. The number of anilines is 1. The van der Waals surface area contributed by atoms with Crippen LogP contribution in [-0.2, 0) is 20.9 Å². The molecular formula is C18H24N2O3. The molecule has 0 aliphatic carbocycles. The molecule has 1 fully saturated rings. The number of rotatable bonds is 6. The van der Waals surface area contributed by atoms with Gasteiger partial charge in [-0.3, -0.25) is 9.59 Å². The van der Waals surface area contributed by atoms with E-state index >= 15 is 0 Å². The topological polar surface area (TPSA) is 58.6 Å². The highest BCUT2D eigenvalue weighted by atomic mass is 16.5. The molecule has 5 heteroatoms. The van der Waals surface area contributed by atoms with E-state index in [-0.39, 0.29) is 17.7 Å². The Balaban J connectivity index is 1.83. The number of ether oxygens (including phenoxy) is 1. The van der Waals surface area contributed by atoms with Crippen LogP contribution in [-0.4, -0.2) is 36.4 Å². The second kappa shape index (κ2) is 8.48. The minimum Gasteiger partial charge on any atom is -0.377 e. The lowest BCUT2D eigenvalue weighted by atomic mass is 9.95.